The van der Waals surface area contributed by atoms with Gasteiger partial charge in [0.1, 0.15) is 5.82 Å². The van der Waals surface area contributed by atoms with Crippen LogP contribution in [-0.2, 0) is 4.79 Å². The zero-order valence-corrected chi connectivity index (χ0v) is 11.7. The molecule has 1 N–H and O–H groups in total. The first-order valence-corrected chi connectivity index (χ1v) is 7.10. The number of hydrogen-bond donors (Lipinski definition) is 1. The lowest BCUT2D eigenvalue weighted by atomic mass is 9.97. The van der Waals surface area contributed by atoms with E-state index in [2.05, 4.69) is 28.4 Å². The van der Waals surface area contributed by atoms with Crippen LogP contribution < -0.4 is 10.2 Å². The van der Waals surface area contributed by atoms with Crippen LogP contribution in [0.15, 0.2) is 36.4 Å². The van der Waals surface area contributed by atoms with E-state index in [0.717, 1.165) is 42.7 Å². The Labute approximate surface area is 118 Å². The van der Waals surface area contributed by atoms with Gasteiger partial charge in [-0.05, 0) is 31.0 Å². The van der Waals surface area contributed by atoms with E-state index < -0.39 is 0 Å². The van der Waals surface area contributed by atoms with Crippen LogP contribution in [0.3, 0.4) is 0 Å². The van der Waals surface area contributed by atoms with Crippen molar-refractivity contribution in [3.05, 3.63) is 36.4 Å². The Morgan fingerprint density at radius 2 is 2.15 bits per heavy atom. The first-order chi connectivity index (χ1) is 9.78. The average molecular weight is 269 g/mol. The van der Waals surface area contributed by atoms with Crippen LogP contribution >= 0.6 is 0 Å². The van der Waals surface area contributed by atoms with Gasteiger partial charge in [0.25, 0.3) is 0 Å². The van der Waals surface area contributed by atoms with E-state index in [1.807, 2.05) is 18.2 Å². The Hall–Kier alpha value is -2.10. The van der Waals surface area contributed by atoms with Crippen LogP contribution in [0, 0.1) is 5.92 Å². The van der Waals surface area contributed by atoms with Crippen molar-refractivity contribution in [3.63, 3.8) is 0 Å². The van der Waals surface area contributed by atoms with E-state index in [-0.39, 0.29) is 11.8 Å². The maximum absolute atomic E-state index is 11.8. The number of hydrogen-bond acceptors (Lipinski definition) is 3. The molecular weight excluding hydrogens is 250 g/mol. The summed E-state index contributed by atoms with van der Waals surface area (Å²) >= 11 is 0. The summed E-state index contributed by atoms with van der Waals surface area (Å²) in [7, 11) is 1.70. The van der Waals surface area contributed by atoms with Gasteiger partial charge in [0.15, 0.2) is 0 Å². The highest BCUT2D eigenvalue weighted by Gasteiger charge is 2.25. The fourth-order valence-corrected chi connectivity index (χ4v) is 2.83. The summed E-state index contributed by atoms with van der Waals surface area (Å²) in [6, 6.07) is 12.3. The van der Waals surface area contributed by atoms with Crippen molar-refractivity contribution in [1.29, 1.82) is 0 Å². The minimum Gasteiger partial charge on any atom is -0.359 e. The standard InChI is InChI=1S/C16H19N3O/c1-17-16(20)13-6-4-10-19(11-13)15-9-8-12-5-2-3-7-14(12)18-15/h2-3,5,7-9,13H,4,6,10-11H2,1H3,(H,17,20). The highest BCUT2D eigenvalue weighted by atomic mass is 16.1. The Kier molecular flexibility index (Phi) is 3.54. The Bertz CT molecular complexity index is 626. The van der Waals surface area contributed by atoms with Gasteiger partial charge in [0.05, 0.1) is 11.4 Å². The molecule has 4 nitrogen and oxygen atoms in total. The number of nitrogens with zero attached hydrogens (tertiary/aromatic N) is 2. The normalized spacial score (nSPS) is 19.1. The van der Waals surface area contributed by atoms with Crippen LogP contribution in [0.2, 0.25) is 0 Å². The third-order valence-corrected chi connectivity index (χ3v) is 3.95. The van der Waals surface area contributed by atoms with Crippen molar-refractivity contribution >= 4 is 22.6 Å². The number of anilines is 1. The lowest BCUT2D eigenvalue weighted by molar-refractivity contribution is -0.124. The topological polar surface area (TPSA) is 45.2 Å². The van der Waals surface area contributed by atoms with Crippen LogP contribution in [0.4, 0.5) is 5.82 Å². The first kappa shape index (κ1) is 12.9. The highest BCUT2D eigenvalue weighted by Crippen LogP contribution is 2.23. The molecule has 1 aliphatic rings. The molecule has 0 aliphatic carbocycles. The van der Waals surface area contributed by atoms with Gasteiger partial charge in [0, 0.05) is 25.5 Å². The number of fused-ring (bicyclic) bond motifs is 1. The number of pyridine rings is 1. The van der Waals surface area contributed by atoms with Crippen LogP contribution in [0.5, 0.6) is 0 Å². The molecule has 1 amide bonds. The molecule has 0 bridgehead atoms. The fourth-order valence-electron chi connectivity index (χ4n) is 2.83. The summed E-state index contributed by atoms with van der Waals surface area (Å²) in [4.78, 5) is 18.7. The number of carbonyl (C=O) groups is 1. The molecule has 4 heteroatoms. The van der Waals surface area contributed by atoms with Crippen LogP contribution in [0.25, 0.3) is 10.9 Å². The molecular formula is C16H19N3O. The molecule has 104 valence electrons. The summed E-state index contributed by atoms with van der Waals surface area (Å²) in [5.74, 6) is 1.18. The number of aromatic nitrogens is 1. The Morgan fingerprint density at radius 1 is 1.30 bits per heavy atom. The van der Waals surface area contributed by atoms with E-state index >= 15 is 0 Å². The summed E-state index contributed by atoms with van der Waals surface area (Å²) in [6.07, 6.45) is 2.00. The lowest BCUT2D eigenvalue weighted by Crippen LogP contribution is -2.42. The summed E-state index contributed by atoms with van der Waals surface area (Å²) in [5, 5.41) is 3.90. The van der Waals surface area contributed by atoms with E-state index in [0.29, 0.717) is 0 Å². The summed E-state index contributed by atoms with van der Waals surface area (Å²) in [5.41, 5.74) is 1.01. The second-order valence-electron chi connectivity index (χ2n) is 5.26. The maximum Gasteiger partial charge on any atom is 0.224 e. The quantitative estimate of drug-likeness (QED) is 0.909. The molecule has 20 heavy (non-hydrogen) atoms. The minimum atomic E-state index is 0.0713. The number of piperidine rings is 1. The molecule has 0 saturated carbocycles. The number of carbonyl (C=O) groups excluding carboxylic acids is 1. The van der Waals surface area contributed by atoms with Crippen LogP contribution in [-0.4, -0.2) is 31.0 Å². The van der Waals surface area contributed by atoms with E-state index in [4.69, 9.17) is 4.98 Å². The SMILES string of the molecule is CNC(=O)C1CCCN(c2ccc3ccccc3n2)C1. The Balaban J connectivity index is 1.84. The van der Waals surface area contributed by atoms with Gasteiger partial charge in [-0.3, -0.25) is 4.79 Å². The fraction of sp³-hybridized carbons (Fsp3) is 0.375. The second kappa shape index (κ2) is 5.49. The maximum atomic E-state index is 11.8. The van der Waals surface area contributed by atoms with Crippen molar-refractivity contribution < 1.29 is 4.79 Å². The van der Waals surface area contributed by atoms with Crippen molar-refractivity contribution in [3.8, 4) is 0 Å². The number of nitrogens with one attached hydrogen (secondary N) is 1. The van der Waals surface area contributed by atoms with Gasteiger partial charge in [-0.15, -0.1) is 0 Å². The van der Waals surface area contributed by atoms with Gasteiger partial charge in [-0.2, -0.15) is 0 Å². The zero-order valence-electron chi connectivity index (χ0n) is 11.7. The van der Waals surface area contributed by atoms with E-state index in [1.165, 1.54) is 0 Å². The zero-order chi connectivity index (χ0) is 13.9. The van der Waals surface area contributed by atoms with E-state index in [9.17, 15) is 4.79 Å². The molecule has 1 atom stereocenters. The van der Waals surface area contributed by atoms with Gasteiger partial charge in [-0.25, -0.2) is 4.98 Å². The van der Waals surface area contributed by atoms with Crippen molar-refractivity contribution in [1.82, 2.24) is 10.3 Å². The van der Waals surface area contributed by atoms with Gasteiger partial charge in [-0.1, -0.05) is 18.2 Å². The monoisotopic (exact) mass is 269 g/mol. The molecule has 0 spiro atoms. The van der Waals surface area contributed by atoms with Gasteiger partial charge >= 0.3 is 0 Å². The number of benzene rings is 1. The minimum absolute atomic E-state index is 0.0713. The largest absolute Gasteiger partial charge is 0.359 e. The first-order valence-electron chi connectivity index (χ1n) is 7.10. The van der Waals surface area contributed by atoms with Crippen molar-refractivity contribution in [2.45, 2.75) is 12.8 Å². The average Bonchev–Trinajstić information content (AvgIpc) is 2.53. The molecule has 3 rings (SSSR count). The molecule has 2 aromatic rings. The van der Waals surface area contributed by atoms with Gasteiger partial charge < -0.3 is 10.2 Å². The third kappa shape index (κ3) is 2.46. The summed E-state index contributed by atoms with van der Waals surface area (Å²) < 4.78 is 0. The number of para-hydroxylation sites is 1. The molecule has 1 unspecified atom stereocenters. The molecule has 1 saturated heterocycles. The third-order valence-electron chi connectivity index (χ3n) is 3.95. The number of amides is 1. The Morgan fingerprint density at radius 3 is 3.00 bits per heavy atom. The number of rotatable bonds is 2. The molecule has 1 aliphatic heterocycles. The van der Waals surface area contributed by atoms with Crippen molar-refractivity contribution in [2.24, 2.45) is 5.92 Å². The molecule has 1 aromatic heterocycles. The predicted octanol–water partition coefficient (Wildman–Crippen LogP) is 2.20. The highest BCUT2D eigenvalue weighted by molar-refractivity contribution is 5.81. The van der Waals surface area contributed by atoms with Gasteiger partial charge in [0.2, 0.25) is 5.91 Å². The molecule has 2 heterocycles. The molecule has 0 radical (unpaired) electrons. The van der Waals surface area contributed by atoms with Crippen molar-refractivity contribution in [2.75, 3.05) is 25.0 Å². The van der Waals surface area contributed by atoms with E-state index in [1.54, 1.807) is 7.05 Å². The smallest absolute Gasteiger partial charge is 0.224 e. The lowest BCUT2D eigenvalue weighted by Gasteiger charge is -2.32. The predicted molar refractivity (Wildman–Crippen MR) is 80.7 cm³/mol. The van der Waals surface area contributed by atoms with Crippen LogP contribution in [0.1, 0.15) is 12.8 Å². The molecule has 1 fully saturated rings. The molecule has 1 aromatic carbocycles. The summed E-state index contributed by atoms with van der Waals surface area (Å²) in [6.45, 7) is 1.73. The second-order valence-corrected chi connectivity index (χ2v) is 5.26.